The van der Waals surface area contributed by atoms with Crippen molar-refractivity contribution in [2.24, 2.45) is 0 Å². The Hall–Kier alpha value is -2.87. The molecule has 0 saturated carbocycles. The molecule has 2 aromatic rings. The largest absolute Gasteiger partial charge is 0.497 e. The van der Waals surface area contributed by atoms with Gasteiger partial charge in [-0.2, -0.15) is 5.26 Å². The van der Waals surface area contributed by atoms with Crippen LogP contribution >= 0.6 is 0 Å². The molecule has 0 unspecified atom stereocenters. The van der Waals surface area contributed by atoms with Gasteiger partial charge in [-0.3, -0.25) is 4.79 Å². The lowest BCUT2D eigenvalue weighted by atomic mass is 10.1. The number of ether oxygens (including phenoxy) is 1. The number of nitrogens with one attached hydrogen (secondary N) is 1. The fourth-order valence-corrected chi connectivity index (χ4v) is 1.80. The van der Waals surface area contributed by atoms with E-state index in [0.717, 1.165) is 17.7 Å². The van der Waals surface area contributed by atoms with Crippen LogP contribution in [0, 0.1) is 11.3 Å². The molecule has 106 valence electrons. The molecule has 0 aliphatic carbocycles. The van der Waals surface area contributed by atoms with Gasteiger partial charge < -0.3 is 10.1 Å². The van der Waals surface area contributed by atoms with Crippen LogP contribution < -0.4 is 10.1 Å². The first-order valence-corrected chi connectivity index (χ1v) is 6.50. The van der Waals surface area contributed by atoms with Crippen molar-refractivity contribution in [3.05, 3.63) is 59.4 Å². The van der Waals surface area contributed by atoms with Crippen molar-refractivity contribution in [2.75, 3.05) is 13.7 Å². The van der Waals surface area contributed by atoms with Gasteiger partial charge in [0, 0.05) is 12.7 Å². The summed E-state index contributed by atoms with van der Waals surface area (Å²) in [6.45, 7) is 0.521. The van der Waals surface area contributed by atoms with E-state index in [9.17, 15) is 4.79 Å². The summed E-state index contributed by atoms with van der Waals surface area (Å²) in [5, 5.41) is 11.5. The maximum absolute atomic E-state index is 11.9. The van der Waals surface area contributed by atoms with Gasteiger partial charge in [-0.1, -0.05) is 12.1 Å². The summed E-state index contributed by atoms with van der Waals surface area (Å²) in [5.41, 5.74) is 1.86. The Morgan fingerprint density at radius 1 is 1.29 bits per heavy atom. The third-order valence-corrected chi connectivity index (χ3v) is 2.98. The number of carbonyl (C=O) groups is 1. The summed E-state index contributed by atoms with van der Waals surface area (Å²) in [5.74, 6) is 0.567. The summed E-state index contributed by atoms with van der Waals surface area (Å²) in [6.07, 6.45) is 2.12. The van der Waals surface area contributed by atoms with Crippen molar-refractivity contribution < 1.29 is 9.53 Å². The Morgan fingerprint density at radius 3 is 2.62 bits per heavy atom. The lowest BCUT2D eigenvalue weighted by molar-refractivity contribution is 0.0949. The molecule has 1 aromatic heterocycles. The topological polar surface area (TPSA) is 75.0 Å². The van der Waals surface area contributed by atoms with E-state index in [1.165, 1.54) is 6.20 Å². The average Bonchev–Trinajstić information content (AvgIpc) is 2.55. The predicted molar refractivity (Wildman–Crippen MR) is 78.0 cm³/mol. The molecule has 1 N–H and O–H groups in total. The van der Waals surface area contributed by atoms with Gasteiger partial charge in [0.25, 0.3) is 5.91 Å². The van der Waals surface area contributed by atoms with Crippen molar-refractivity contribution >= 4 is 5.91 Å². The van der Waals surface area contributed by atoms with Gasteiger partial charge in [0.15, 0.2) is 0 Å². The smallest absolute Gasteiger partial charge is 0.269 e. The summed E-state index contributed by atoms with van der Waals surface area (Å²) in [7, 11) is 1.62. The van der Waals surface area contributed by atoms with Crippen LogP contribution in [-0.2, 0) is 6.42 Å². The van der Waals surface area contributed by atoms with Crippen molar-refractivity contribution in [3.8, 4) is 11.8 Å². The second-order valence-electron chi connectivity index (χ2n) is 4.40. The predicted octanol–water partition coefficient (Wildman–Crippen LogP) is 1.93. The molecule has 0 aliphatic rings. The number of pyridine rings is 1. The number of methoxy groups -OCH3 is 1. The summed E-state index contributed by atoms with van der Waals surface area (Å²) in [6, 6.07) is 12.8. The number of nitrogens with zero attached hydrogens (tertiary/aromatic N) is 2. The maximum atomic E-state index is 11.9. The zero-order valence-corrected chi connectivity index (χ0v) is 11.7. The maximum Gasteiger partial charge on any atom is 0.269 e. The van der Waals surface area contributed by atoms with Crippen molar-refractivity contribution in [1.29, 1.82) is 5.26 Å². The molecule has 0 atom stereocenters. The number of aromatic nitrogens is 1. The molecule has 2 rings (SSSR count). The van der Waals surface area contributed by atoms with E-state index in [0.29, 0.717) is 17.8 Å². The molecule has 1 amide bonds. The molecule has 0 saturated heterocycles. The molecule has 0 bridgehead atoms. The van der Waals surface area contributed by atoms with Gasteiger partial charge in [0.05, 0.1) is 12.7 Å². The van der Waals surface area contributed by atoms with Crippen LogP contribution in [-0.4, -0.2) is 24.5 Å². The molecule has 5 nitrogen and oxygen atoms in total. The molecular weight excluding hydrogens is 266 g/mol. The van der Waals surface area contributed by atoms with Crippen LogP contribution in [0.5, 0.6) is 5.75 Å². The van der Waals surface area contributed by atoms with E-state index < -0.39 is 0 Å². The lowest BCUT2D eigenvalue weighted by Gasteiger charge is -2.06. The van der Waals surface area contributed by atoms with Gasteiger partial charge >= 0.3 is 0 Å². The number of hydrogen-bond donors (Lipinski definition) is 1. The molecular formula is C16H15N3O2. The third-order valence-electron chi connectivity index (χ3n) is 2.98. The summed E-state index contributed by atoms with van der Waals surface area (Å²) < 4.78 is 5.09. The van der Waals surface area contributed by atoms with Gasteiger partial charge in [0.2, 0.25) is 0 Å². The number of amides is 1. The van der Waals surface area contributed by atoms with E-state index in [4.69, 9.17) is 10.00 Å². The lowest BCUT2D eigenvalue weighted by Crippen LogP contribution is -2.26. The Bertz CT molecular complexity index is 643. The highest BCUT2D eigenvalue weighted by molar-refractivity contribution is 5.92. The summed E-state index contributed by atoms with van der Waals surface area (Å²) >= 11 is 0. The van der Waals surface area contributed by atoms with Gasteiger partial charge in [0.1, 0.15) is 17.5 Å². The molecule has 0 spiro atoms. The quantitative estimate of drug-likeness (QED) is 0.908. The Balaban J connectivity index is 1.84. The summed E-state index contributed by atoms with van der Waals surface area (Å²) in [4.78, 5) is 15.8. The van der Waals surface area contributed by atoms with Crippen LogP contribution in [0.25, 0.3) is 0 Å². The fourth-order valence-electron chi connectivity index (χ4n) is 1.80. The molecule has 1 heterocycles. The Labute approximate surface area is 123 Å². The van der Waals surface area contributed by atoms with Gasteiger partial charge in [-0.25, -0.2) is 4.98 Å². The van der Waals surface area contributed by atoms with E-state index in [-0.39, 0.29) is 5.91 Å². The monoisotopic (exact) mass is 281 g/mol. The van der Waals surface area contributed by atoms with Gasteiger partial charge in [-0.15, -0.1) is 0 Å². The highest BCUT2D eigenvalue weighted by Gasteiger charge is 2.06. The van der Waals surface area contributed by atoms with E-state index in [2.05, 4.69) is 10.3 Å². The zero-order valence-electron chi connectivity index (χ0n) is 11.7. The molecule has 21 heavy (non-hydrogen) atoms. The minimum atomic E-state index is -0.243. The normalized spacial score (nSPS) is 9.71. The van der Waals surface area contributed by atoms with Crippen molar-refractivity contribution in [1.82, 2.24) is 10.3 Å². The van der Waals surface area contributed by atoms with Crippen LogP contribution in [0.4, 0.5) is 0 Å². The van der Waals surface area contributed by atoms with E-state index in [1.54, 1.807) is 19.2 Å². The minimum absolute atomic E-state index is 0.243. The first-order valence-electron chi connectivity index (χ1n) is 6.50. The average molecular weight is 281 g/mol. The van der Waals surface area contributed by atoms with Crippen LogP contribution in [0.3, 0.4) is 0 Å². The first kappa shape index (κ1) is 14.5. The highest BCUT2D eigenvalue weighted by atomic mass is 16.5. The van der Waals surface area contributed by atoms with Crippen molar-refractivity contribution in [2.45, 2.75) is 6.42 Å². The van der Waals surface area contributed by atoms with Crippen LogP contribution in [0.2, 0.25) is 0 Å². The molecule has 0 aliphatic heterocycles. The van der Waals surface area contributed by atoms with Gasteiger partial charge in [-0.05, 0) is 36.2 Å². The number of nitriles is 1. The number of rotatable bonds is 5. The first-order chi connectivity index (χ1) is 10.2. The standard InChI is InChI=1S/C16H15N3O2/c1-21-14-5-2-12(3-6-14)8-9-18-16(20)15-7-4-13(10-17)11-19-15/h2-7,11H,8-9H2,1H3,(H,18,20). The zero-order chi connectivity index (χ0) is 15.1. The number of hydrogen-bond acceptors (Lipinski definition) is 4. The minimum Gasteiger partial charge on any atom is -0.497 e. The van der Waals surface area contributed by atoms with Crippen molar-refractivity contribution in [3.63, 3.8) is 0 Å². The molecule has 1 aromatic carbocycles. The van der Waals surface area contributed by atoms with E-state index in [1.807, 2.05) is 30.3 Å². The Kier molecular flexibility index (Phi) is 4.89. The van der Waals surface area contributed by atoms with E-state index >= 15 is 0 Å². The molecule has 0 radical (unpaired) electrons. The van der Waals surface area contributed by atoms with Crippen LogP contribution in [0.15, 0.2) is 42.6 Å². The second-order valence-corrected chi connectivity index (χ2v) is 4.40. The fraction of sp³-hybridized carbons (Fsp3) is 0.188. The number of carbonyl (C=O) groups excluding carboxylic acids is 1. The SMILES string of the molecule is COc1ccc(CCNC(=O)c2ccc(C#N)cn2)cc1. The third kappa shape index (κ3) is 4.05. The second kappa shape index (κ2) is 7.06. The Morgan fingerprint density at radius 2 is 2.05 bits per heavy atom. The highest BCUT2D eigenvalue weighted by Crippen LogP contribution is 2.11. The number of benzene rings is 1. The molecule has 5 heteroatoms. The molecule has 0 fully saturated rings. The van der Waals surface area contributed by atoms with Crippen LogP contribution in [0.1, 0.15) is 21.6 Å².